The third-order valence-electron chi connectivity index (χ3n) is 5.00. The highest BCUT2D eigenvalue weighted by atomic mass is 35.5. The summed E-state index contributed by atoms with van der Waals surface area (Å²) in [6, 6.07) is 14.6. The first-order chi connectivity index (χ1) is 12.7. The molecule has 0 amide bonds. The quantitative estimate of drug-likeness (QED) is 0.657. The first-order valence-electron chi connectivity index (χ1n) is 9.48. The van der Waals surface area contributed by atoms with Crippen LogP contribution in [0.4, 0.5) is 5.69 Å². The van der Waals surface area contributed by atoms with Gasteiger partial charge in [-0.3, -0.25) is 4.90 Å². The van der Waals surface area contributed by atoms with Gasteiger partial charge in [0.2, 0.25) is 0 Å². The van der Waals surface area contributed by atoms with E-state index in [1.54, 1.807) is 7.11 Å². The number of halogens is 1. The van der Waals surface area contributed by atoms with E-state index in [0.717, 1.165) is 57.3 Å². The summed E-state index contributed by atoms with van der Waals surface area (Å²) in [5.74, 6) is 1.97. The van der Waals surface area contributed by atoms with E-state index in [-0.39, 0.29) is 12.4 Å². The van der Waals surface area contributed by atoms with Crippen LogP contribution in [-0.2, 0) is 0 Å². The minimum Gasteiger partial charge on any atom is -0.495 e. The number of rotatable bonds is 7. The normalized spacial score (nSPS) is 14.6. The molecule has 1 aliphatic rings. The van der Waals surface area contributed by atoms with Crippen molar-refractivity contribution in [2.75, 3.05) is 51.3 Å². The zero-order chi connectivity index (χ0) is 18.4. The molecule has 1 aliphatic heterocycles. The van der Waals surface area contributed by atoms with Crippen molar-refractivity contribution in [1.82, 2.24) is 4.90 Å². The summed E-state index contributed by atoms with van der Waals surface area (Å²) in [7, 11) is 1.74. The van der Waals surface area contributed by atoms with Crippen LogP contribution < -0.4 is 14.4 Å². The van der Waals surface area contributed by atoms with Gasteiger partial charge in [0, 0.05) is 32.7 Å². The molecule has 1 heterocycles. The molecule has 3 rings (SSSR count). The van der Waals surface area contributed by atoms with Crippen LogP contribution >= 0.6 is 12.4 Å². The molecule has 0 unspecified atom stereocenters. The first kappa shape index (κ1) is 21.4. The molecule has 4 nitrogen and oxygen atoms in total. The molecule has 0 aromatic heterocycles. The summed E-state index contributed by atoms with van der Waals surface area (Å²) in [5.41, 5.74) is 3.70. The summed E-state index contributed by atoms with van der Waals surface area (Å²) in [6.45, 7) is 10.3. The third kappa shape index (κ3) is 5.78. The maximum Gasteiger partial charge on any atom is 0.142 e. The Morgan fingerprint density at radius 3 is 2.37 bits per heavy atom. The Bertz CT molecular complexity index is 715. The maximum atomic E-state index is 5.95. The van der Waals surface area contributed by atoms with Crippen LogP contribution in [0.25, 0.3) is 0 Å². The molecule has 148 valence electrons. The molecular weight excluding hydrogens is 360 g/mol. The molecule has 0 saturated carbocycles. The van der Waals surface area contributed by atoms with Crippen LogP contribution in [0, 0.1) is 13.8 Å². The minimum absolute atomic E-state index is 0. The van der Waals surface area contributed by atoms with Crippen molar-refractivity contribution >= 4 is 18.1 Å². The smallest absolute Gasteiger partial charge is 0.142 e. The Morgan fingerprint density at radius 2 is 1.67 bits per heavy atom. The van der Waals surface area contributed by atoms with Gasteiger partial charge in [-0.25, -0.2) is 0 Å². The van der Waals surface area contributed by atoms with Crippen molar-refractivity contribution in [2.45, 2.75) is 20.3 Å². The summed E-state index contributed by atoms with van der Waals surface area (Å²) in [6.07, 6.45) is 1.06. The maximum absolute atomic E-state index is 5.95. The standard InChI is InChI=1S/C22H30N2O2.ClH/c1-18-9-10-21(19(2)17-18)26-16-6-11-23-12-14-24(15-13-23)20-7-4-5-8-22(20)25-3;/h4-5,7-10,17H,6,11-16H2,1-3H3;1H. The average molecular weight is 391 g/mol. The van der Waals surface area contributed by atoms with Gasteiger partial charge in [0.05, 0.1) is 19.4 Å². The summed E-state index contributed by atoms with van der Waals surface area (Å²) in [4.78, 5) is 4.94. The van der Waals surface area contributed by atoms with E-state index in [1.807, 2.05) is 12.1 Å². The number of hydrogen-bond donors (Lipinski definition) is 0. The Labute approximate surface area is 169 Å². The fourth-order valence-corrected chi connectivity index (χ4v) is 3.53. The van der Waals surface area contributed by atoms with Crippen LogP contribution in [0.1, 0.15) is 17.5 Å². The molecule has 0 aliphatic carbocycles. The molecule has 2 aromatic carbocycles. The Balaban J connectivity index is 0.00000261. The van der Waals surface area contributed by atoms with E-state index in [9.17, 15) is 0 Å². The lowest BCUT2D eigenvalue weighted by Gasteiger charge is -2.36. The van der Waals surface area contributed by atoms with E-state index < -0.39 is 0 Å². The second kappa shape index (κ2) is 10.4. The lowest BCUT2D eigenvalue weighted by Crippen LogP contribution is -2.46. The molecule has 5 heteroatoms. The van der Waals surface area contributed by atoms with E-state index in [2.05, 4.69) is 54.0 Å². The highest BCUT2D eigenvalue weighted by Gasteiger charge is 2.19. The van der Waals surface area contributed by atoms with Crippen molar-refractivity contribution in [3.05, 3.63) is 53.6 Å². The number of piperazine rings is 1. The van der Waals surface area contributed by atoms with Gasteiger partial charge < -0.3 is 14.4 Å². The van der Waals surface area contributed by atoms with Crippen LogP contribution in [0.5, 0.6) is 11.5 Å². The highest BCUT2D eigenvalue weighted by molar-refractivity contribution is 5.85. The van der Waals surface area contributed by atoms with Crippen LogP contribution in [0.3, 0.4) is 0 Å². The van der Waals surface area contributed by atoms with Gasteiger partial charge in [-0.2, -0.15) is 0 Å². The topological polar surface area (TPSA) is 24.9 Å². The Hall–Kier alpha value is -1.91. The number of ether oxygens (including phenoxy) is 2. The fraction of sp³-hybridized carbons (Fsp3) is 0.455. The molecule has 0 bridgehead atoms. The molecule has 0 radical (unpaired) electrons. The monoisotopic (exact) mass is 390 g/mol. The number of para-hydroxylation sites is 2. The molecule has 0 spiro atoms. The van der Waals surface area contributed by atoms with Crippen LogP contribution in [0.15, 0.2) is 42.5 Å². The van der Waals surface area contributed by atoms with Crippen molar-refractivity contribution in [3.8, 4) is 11.5 Å². The largest absolute Gasteiger partial charge is 0.495 e. The molecule has 1 fully saturated rings. The van der Waals surface area contributed by atoms with Crippen LogP contribution in [0.2, 0.25) is 0 Å². The van der Waals surface area contributed by atoms with E-state index in [1.165, 1.54) is 16.8 Å². The van der Waals surface area contributed by atoms with Gasteiger partial charge in [0.1, 0.15) is 11.5 Å². The molecule has 0 atom stereocenters. The molecule has 0 N–H and O–H groups in total. The number of aryl methyl sites for hydroxylation is 2. The van der Waals surface area contributed by atoms with Crippen molar-refractivity contribution < 1.29 is 9.47 Å². The lowest BCUT2D eigenvalue weighted by atomic mass is 10.1. The number of nitrogens with zero attached hydrogens (tertiary/aromatic N) is 2. The Kier molecular flexibility index (Phi) is 8.26. The SMILES string of the molecule is COc1ccccc1N1CCN(CCCOc2ccc(C)cc2C)CC1.Cl. The predicted octanol–water partition coefficient (Wildman–Crippen LogP) is 4.32. The van der Waals surface area contributed by atoms with E-state index in [0.29, 0.717) is 0 Å². The number of anilines is 1. The minimum atomic E-state index is 0. The lowest BCUT2D eigenvalue weighted by molar-refractivity contribution is 0.224. The average Bonchev–Trinajstić information content (AvgIpc) is 2.67. The zero-order valence-corrected chi connectivity index (χ0v) is 17.4. The Morgan fingerprint density at radius 1 is 0.926 bits per heavy atom. The van der Waals surface area contributed by atoms with Crippen molar-refractivity contribution in [2.24, 2.45) is 0 Å². The first-order valence-corrected chi connectivity index (χ1v) is 9.48. The third-order valence-corrected chi connectivity index (χ3v) is 5.00. The molecule has 2 aromatic rings. The van der Waals surface area contributed by atoms with Gasteiger partial charge in [0.15, 0.2) is 0 Å². The number of benzene rings is 2. The second-order valence-corrected chi connectivity index (χ2v) is 6.97. The number of hydrogen-bond acceptors (Lipinski definition) is 4. The number of methoxy groups -OCH3 is 1. The van der Waals surface area contributed by atoms with Gasteiger partial charge in [-0.05, 0) is 44.0 Å². The molecule has 1 saturated heterocycles. The summed E-state index contributed by atoms with van der Waals surface area (Å²) < 4.78 is 11.4. The van der Waals surface area contributed by atoms with Gasteiger partial charge in [-0.15, -0.1) is 12.4 Å². The van der Waals surface area contributed by atoms with Gasteiger partial charge in [0.25, 0.3) is 0 Å². The van der Waals surface area contributed by atoms with Gasteiger partial charge >= 0.3 is 0 Å². The predicted molar refractivity (Wildman–Crippen MR) is 115 cm³/mol. The van der Waals surface area contributed by atoms with E-state index in [4.69, 9.17) is 9.47 Å². The fourth-order valence-electron chi connectivity index (χ4n) is 3.53. The summed E-state index contributed by atoms with van der Waals surface area (Å²) in [5, 5.41) is 0. The molecular formula is C22H31ClN2O2. The van der Waals surface area contributed by atoms with Crippen molar-refractivity contribution in [1.29, 1.82) is 0 Å². The van der Waals surface area contributed by atoms with E-state index >= 15 is 0 Å². The zero-order valence-electron chi connectivity index (χ0n) is 16.6. The molecule has 27 heavy (non-hydrogen) atoms. The van der Waals surface area contributed by atoms with Crippen molar-refractivity contribution in [3.63, 3.8) is 0 Å². The highest BCUT2D eigenvalue weighted by Crippen LogP contribution is 2.28. The second-order valence-electron chi connectivity index (χ2n) is 6.97. The van der Waals surface area contributed by atoms with Gasteiger partial charge in [-0.1, -0.05) is 29.8 Å². The van der Waals surface area contributed by atoms with Crippen LogP contribution in [-0.4, -0.2) is 51.3 Å². The summed E-state index contributed by atoms with van der Waals surface area (Å²) >= 11 is 0.